The third-order valence-electron chi connectivity index (χ3n) is 4.57. The lowest BCUT2D eigenvalue weighted by Crippen LogP contribution is -2.06. The zero-order valence-corrected chi connectivity index (χ0v) is 12.9. The number of carbonyl (C=O) groups is 1. The second-order valence-corrected chi connectivity index (χ2v) is 6.09. The van der Waals surface area contributed by atoms with Crippen LogP contribution in [0.1, 0.15) is 59.5 Å². The molecule has 1 fully saturated rings. The van der Waals surface area contributed by atoms with Gasteiger partial charge in [0.2, 0.25) is 0 Å². The number of ketones is 1. The first-order valence-electron chi connectivity index (χ1n) is 8.04. The number of benzene rings is 2. The zero-order valence-electron chi connectivity index (χ0n) is 12.9. The van der Waals surface area contributed by atoms with Gasteiger partial charge in [-0.25, -0.2) is 0 Å². The number of nitro groups is 1. The maximum absolute atomic E-state index is 12.5. The third-order valence-corrected chi connectivity index (χ3v) is 4.57. The van der Waals surface area contributed by atoms with Gasteiger partial charge in [-0.3, -0.25) is 14.9 Å². The van der Waals surface area contributed by atoms with Crippen LogP contribution in [0.2, 0.25) is 0 Å². The fourth-order valence-electron chi connectivity index (χ4n) is 3.27. The van der Waals surface area contributed by atoms with Crippen molar-refractivity contribution in [2.45, 2.75) is 38.0 Å². The minimum Gasteiger partial charge on any atom is -0.289 e. The summed E-state index contributed by atoms with van der Waals surface area (Å²) in [6.45, 7) is 0. The van der Waals surface area contributed by atoms with Gasteiger partial charge in [-0.15, -0.1) is 0 Å². The molecule has 0 unspecified atom stereocenters. The second-order valence-electron chi connectivity index (χ2n) is 6.09. The molecule has 0 aliphatic heterocycles. The summed E-state index contributed by atoms with van der Waals surface area (Å²) in [7, 11) is 0. The summed E-state index contributed by atoms with van der Waals surface area (Å²) in [6, 6.07) is 13.6. The highest BCUT2D eigenvalue weighted by Gasteiger charge is 2.17. The smallest absolute Gasteiger partial charge is 0.270 e. The van der Waals surface area contributed by atoms with E-state index in [9.17, 15) is 14.9 Å². The number of hydrogen-bond donors (Lipinski definition) is 0. The van der Waals surface area contributed by atoms with Crippen molar-refractivity contribution >= 4 is 11.5 Å². The largest absolute Gasteiger partial charge is 0.289 e. The van der Waals surface area contributed by atoms with Crippen LogP contribution < -0.4 is 0 Å². The molecule has 0 saturated heterocycles. The van der Waals surface area contributed by atoms with Crippen molar-refractivity contribution in [3.63, 3.8) is 0 Å². The van der Waals surface area contributed by atoms with Crippen molar-refractivity contribution in [3.8, 4) is 0 Å². The predicted molar refractivity (Wildman–Crippen MR) is 88.8 cm³/mol. The average Bonchev–Trinajstić information content (AvgIpc) is 2.62. The van der Waals surface area contributed by atoms with Gasteiger partial charge in [0.25, 0.3) is 5.69 Å². The first-order chi connectivity index (χ1) is 11.1. The summed E-state index contributed by atoms with van der Waals surface area (Å²) >= 11 is 0. The van der Waals surface area contributed by atoms with Crippen LogP contribution in [0, 0.1) is 10.1 Å². The number of carbonyl (C=O) groups excluding carboxylic acids is 1. The highest BCUT2D eigenvalue weighted by atomic mass is 16.6. The molecule has 0 atom stereocenters. The van der Waals surface area contributed by atoms with E-state index in [1.165, 1.54) is 49.8 Å². The Hall–Kier alpha value is -2.49. The molecule has 1 saturated carbocycles. The fourth-order valence-corrected chi connectivity index (χ4v) is 3.27. The van der Waals surface area contributed by atoms with Crippen molar-refractivity contribution in [2.75, 3.05) is 0 Å². The van der Waals surface area contributed by atoms with Gasteiger partial charge >= 0.3 is 0 Å². The van der Waals surface area contributed by atoms with Gasteiger partial charge in [0.05, 0.1) is 4.92 Å². The molecule has 4 nitrogen and oxygen atoms in total. The molecule has 23 heavy (non-hydrogen) atoms. The molecule has 0 radical (unpaired) electrons. The van der Waals surface area contributed by atoms with Gasteiger partial charge in [-0.1, -0.05) is 55.7 Å². The predicted octanol–water partition coefficient (Wildman–Crippen LogP) is 4.87. The topological polar surface area (TPSA) is 60.2 Å². The summed E-state index contributed by atoms with van der Waals surface area (Å²) in [5, 5.41) is 10.8. The monoisotopic (exact) mass is 309 g/mol. The molecule has 0 aromatic heterocycles. The Morgan fingerprint density at radius 3 is 2.30 bits per heavy atom. The van der Waals surface area contributed by atoms with E-state index in [2.05, 4.69) is 0 Å². The minimum atomic E-state index is -0.483. The van der Waals surface area contributed by atoms with Crippen LogP contribution in [0.5, 0.6) is 0 Å². The lowest BCUT2D eigenvalue weighted by atomic mass is 9.84. The van der Waals surface area contributed by atoms with E-state index in [-0.39, 0.29) is 11.5 Å². The number of hydrogen-bond acceptors (Lipinski definition) is 3. The summed E-state index contributed by atoms with van der Waals surface area (Å²) in [6.07, 6.45) is 6.31. The van der Waals surface area contributed by atoms with Crippen LogP contribution >= 0.6 is 0 Å². The van der Waals surface area contributed by atoms with E-state index >= 15 is 0 Å². The van der Waals surface area contributed by atoms with Gasteiger partial charge in [-0.2, -0.15) is 0 Å². The number of nitrogens with zero attached hydrogens (tertiary/aromatic N) is 1. The molecule has 2 aromatic carbocycles. The summed E-state index contributed by atoms with van der Waals surface area (Å²) < 4.78 is 0. The number of nitro benzene ring substituents is 1. The molecule has 3 rings (SSSR count). The molecule has 0 amide bonds. The molecule has 1 aliphatic rings. The van der Waals surface area contributed by atoms with Crippen LogP contribution in [-0.2, 0) is 0 Å². The first kappa shape index (κ1) is 15.4. The van der Waals surface area contributed by atoms with E-state index in [0.29, 0.717) is 17.0 Å². The van der Waals surface area contributed by atoms with Crippen molar-refractivity contribution in [3.05, 3.63) is 75.3 Å². The second kappa shape index (κ2) is 6.73. The van der Waals surface area contributed by atoms with Crippen LogP contribution in [0.4, 0.5) is 5.69 Å². The maximum Gasteiger partial charge on any atom is 0.270 e. The van der Waals surface area contributed by atoms with Crippen LogP contribution in [-0.4, -0.2) is 10.7 Å². The van der Waals surface area contributed by atoms with E-state index in [0.717, 1.165) is 0 Å². The standard InChI is InChI=1S/C19H19NO3/c21-19(17-7-4-8-18(13-17)20(22)23)16-11-9-15(10-12-16)14-5-2-1-3-6-14/h4,7-14H,1-3,5-6H2. The number of rotatable bonds is 4. The highest BCUT2D eigenvalue weighted by Crippen LogP contribution is 2.32. The first-order valence-corrected chi connectivity index (χ1v) is 8.04. The summed E-state index contributed by atoms with van der Waals surface area (Å²) in [5.74, 6) is 0.426. The molecular weight excluding hydrogens is 290 g/mol. The van der Waals surface area contributed by atoms with Crippen molar-refractivity contribution in [1.29, 1.82) is 0 Å². The van der Waals surface area contributed by atoms with E-state index in [4.69, 9.17) is 0 Å². The molecule has 0 heterocycles. The Bertz CT molecular complexity index is 716. The van der Waals surface area contributed by atoms with Gasteiger partial charge in [-0.05, 0) is 24.3 Å². The summed E-state index contributed by atoms with van der Waals surface area (Å²) in [5.41, 5.74) is 2.16. The van der Waals surface area contributed by atoms with E-state index in [1.807, 2.05) is 24.3 Å². The lowest BCUT2D eigenvalue weighted by molar-refractivity contribution is -0.384. The van der Waals surface area contributed by atoms with Crippen LogP contribution in [0.25, 0.3) is 0 Å². The van der Waals surface area contributed by atoms with Crippen LogP contribution in [0.3, 0.4) is 0 Å². The zero-order chi connectivity index (χ0) is 16.2. The quantitative estimate of drug-likeness (QED) is 0.459. The van der Waals surface area contributed by atoms with Crippen molar-refractivity contribution < 1.29 is 9.72 Å². The molecule has 4 heteroatoms. The molecule has 1 aliphatic carbocycles. The SMILES string of the molecule is O=C(c1ccc(C2CCCCC2)cc1)c1cccc([N+](=O)[O-])c1. The van der Waals surface area contributed by atoms with E-state index < -0.39 is 4.92 Å². The van der Waals surface area contributed by atoms with Gasteiger partial charge in [0.1, 0.15) is 0 Å². The summed E-state index contributed by atoms with van der Waals surface area (Å²) in [4.78, 5) is 22.8. The highest BCUT2D eigenvalue weighted by molar-refractivity contribution is 6.09. The average molecular weight is 309 g/mol. The molecule has 0 spiro atoms. The minimum absolute atomic E-state index is 0.0605. The third kappa shape index (κ3) is 3.47. The molecule has 0 N–H and O–H groups in total. The Balaban J connectivity index is 1.80. The van der Waals surface area contributed by atoms with E-state index in [1.54, 1.807) is 12.1 Å². The maximum atomic E-state index is 12.5. The lowest BCUT2D eigenvalue weighted by Gasteiger charge is -2.22. The number of non-ortho nitro benzene ring substituents is 1. The Morgan fingerprint density at radius 2 is 1.65 bits per heavy atom. The normalized spacial score (nSPS) is 15.3. The van der Waals surface area contributed by atoms with Crippen molar-refractivity contribution in [1.82, 2.24) is 0 Å². The van der Waals surface area contributed by atoms with Crippen LogP contribution in [0.15, 0.2) is 48.5 Å². The molecule has 0 bridgehead atoms. The molecular formula is C19H19NO3. The Kier molecular flexibility index (Phi) is 4.51. The fraction of sp³-hybridized carbons (Fsp3) is 0.316. The van der Waals surface area contributed by atoms with Crippen molar-refractivity contribution in [2.24, 2.45) is 0 Å². The van der Waals surface area contributed by atoms with Gasteiger partial charge in [0.15, 0.2) is 5.78 Å². The Labute approximate surface area is 135 Å². The van der Waals surface area contributed by atoms with Gasteiger partial charge in [0, 0.05) is 23.3 Å². The Morgan fingerprint density at radius 1 is 0.957 bits per heavy atom. The molecule has 2 aromatic rings. The van der Waals surface area contributed by atoms with Gasteiger partial charge < -0.3 is 0 Å². The molecule has 118 valence electrons.